The van der Waals surface area contributed by atoms with Gasteiger partial charge in [-0.15, -0.1) is 0 Å². The SMILES string of the molecule is CC/C(=C\C1CCCOC1)CNC. The van der Waals surface area contributed by atoms with Gasteiger partial charge < -0.3 is 10.1 Å². The molecule has 0 aromatic heterocycles. The van der Waals surface area contributed by atoms with Crippen molar-refractivity contribution in [3.8, 4) is 0 Å². The molecule has 0 aliphatic carbocycles. The van der Waals surface area contributed by atoms with Crippen LogP contribution in [0.2, 0.25) is 0 Å². The number of likely N-dealkylation sites (N-methyl/N-ethyl adjacent to an activating group) is 1. The van der Waals surface area contributed by atoms with E-state index in [9.17, 15) is 0 Å². The predicted molar refractivity (Wildman–Crippen MR) is 55.8 cm³/mol. The highest BCUT2D eigenvalue weighted by Gasteiger charge is 2.11. The summed E-state index contributed by atoms with van der Waals surface area (Å²) in [6, 6.07) is 0. The van der Waals surface area contributed by atoms with E-state index >= 15 is 0 Å². The Labute approximate surface area is 81.4 Å². The first-order chi connectivity index (χ1) is 6.36. The Morgan fingerprint density at radius 1 is 1.62 bits per heavy atom. The zero-order valence-corrected chi connectivity index (χ0v) is 8.81. The zero-order valence-electron chi connectivity index (χ0n) is 8.81. The molecule has 2 nitrogen and oxygen atoms in total. The van der Waals surface area contributed by atoms with Gasteiger partial charge in [0.2, 0.25) is 0 Å². The van der Waals surface area contributed by atoms with Crippen molar-refractivity contribution in [3.63, 3.8) is 0 Å². The predicted octanol–water partition coefficient (Wildman–Crippen LogP) is 1.97. The van der Waals surface area contributed by atoms with Gasteiger partial charge in [0.25, 0.3) is 0 Å². The van der Waals surface area contributed by atoms with E-state index in [1.54, 1.807) is 0 Å². The minimum Gasteiger partial charge on any atom is -0.381 e. The molecule has 2 heteroatoms. The summed E-state index contributed by atoms with van der Waals surface area (Å²) in [5, 5.41) is 3.20. The van der Waals surface area contributed by atoms with Crippen LogP contribution in [0.5, 0.6) is 0 Å². The number of rotatable bonds is 4. The number of hydrogen-bond acceptors (Lipinski definition) is 2. The standard InChI is InChI=1S/C11H21NO/c1-3-10(8-12-2)7-11-5-4-6-13-9-11/h7,11-12H,3-6,8-9H2,1-2H3/b10-7+. The van der Waals surface area contributed by atoms with Gasteiger partial charge in [0.05, 0.1) is 6.61 Å². The molecule has 76 valence electrons. The molecule has 1 heterocycles. The van der Waals surface area contributed by atoms with Gasteiger partial charge in [-0.25, -0.2) is 0 Å². The second-order valence-electron chi connectivity index (χ2n) is 3.69. The summed E-state index contributed by atoms with van der Waals surface area (Å²) in [7, 11) is 2.00. The molecule has 0 bridgehead atoms. The van der Waals surface area contributed by atoms with Crippen LogP contribution in [0.25, 0.3) is 0 Å². The van der Waals surface area contributed by atoms with Crippen LogP contribution in [-0.4, -0.2) is 26.8 Å². The van der Waals surface area contributed by atoms with E-state index in [1.165, 1.54) is 18.4 Å². The van der Waals surface area contributed by atoms with Gasteiger partial charge in [-0.2, -0.15) is 0 Å². The molecule has 1 atom stereocenters. The molecule has 1 aliphatic heterocycles. The lowest BCUT2D eigenvalue weighted by Gasteiger charge is -2.20. The molecular weight excluding hydrogens is 162 g/mol. The van der Waals surface area contributed by atoms with E-state index in [4.69, 9.17) is 4.74 Å². The summed E-state index contributed by atoms with van der Waals surface area (Å²) in [6.45, 7) is 5.12. The Hall–Kier alpha value is -0.340. The smallest absolute Gasteiger partial charge is 0.0528 e. The maximum atomic E-state index is 5.44. The van der Waals surface area contributed by atoms with Crippen LogP contribution in [0.4, 0.5) is 0 Å². The van der Waals surface area contributed by atoms with Gasteiger partial charge in [0, 0.05) is 19.1 Å². The average molecular weight is 183 g/mol. The van der Waals surface area contributed by atoms with Crippen LogP contribution in [0.1, 0.15) is 26.2 Å². The summed E-state index contributed by atoms with van der Waals surface area (Å²) in [5.74, 6) is 0.664. The lowest BCUT2D eigenvalue weighted by atomic mass is 9.98. The Bertz CT molecular complexity index is 159. The summed E-state index contributed by atoms with van der Waals surface area (Å²) in [4.78, 5) is 0. The Morgan fingerprint density at radius 3 is 3.00 bits per heavy atom. The fraction of sp³-hybridized carbons (Fsp3) is 0.818. The normalized spacial score (nSPS) is 24.8. The van der Waals surface area contributed by atoms with Crippen LogP contribution in [0.15, 0.2) is 11.6 Å². The van der Waals surface area contributed by atoms with Crippen molar-refractivity contribution in [3.05, 3.63) is 11.6 Å². The van der Waals surface area contributed by atoms with E-state index in [0.717, 1.165) is 26.2 Å². The van der Waals surface area contributed by atoms with Crippen LogP contribution < -0.4 is 5.32 Å². The third-order valence-electron chi connectivity index (χ3n) is 2.52. The molecular formula is C11H21NO. The molecule has 1 saturated heterocycles. The van der Waals surface area contributed by atoms with Gasteiger partial charge in [-0.1, -0.05) is 18.6 Å². The summed E-state index contributed by atoms with van der Waals surface area (Å²) in [6.07, 6.45) is 6.07. The topological polar surface area (TPSA) is 21.3 Å². The van der Waals surface area contributed by atoms with Crippen LogP contribution in [-0.2, 0) is 4.74 Å². The average Bonchev–Trinajstić information content (AvgIpc) is 2.19. The molecule has 1 rings (SSSR count). The Balaban J connectivity index is 2.39. The summed E-state index contributed by atoms with van der Waals surface area (Å²) in [5.41, 5.74) is 1.51. The van der Waals surface area contributed by atoms with Gasteiger partial charge >= 0.3 is 0 Å². The molecule has 0 aromatic rings. The summed E-state index contributed by atoms with van der Waals surface area (Å²) < 4.78 is 5.44. The molecule has 0 aromatic carbocycles. The van der Waals surface area contributed by atoms with Crippen molar-refractivity contribution in [2.75, 3.05) is 26.8 Å². The van der Waals surface area contributed by atoms with Crippen LogP contribution >= 0.6 is 0 Å². The van der Waals surface area contributed by atoms with Crippen molar-refractivity contribution in [1.82, 2.24) is 5.32 Å². The van der Waals surface area contributed by atoms with E-state index in [1.807, 2.05) is 7.05 Å². The van der Waals surface area contributed by atoms with Crippen molar-refractivity contribution in [2.24, 2.45) is 5.92 Å². The second kappa shape index (κ2) is 6.17. The molecule has 1 aliphatic rings. The maximum absolute atomic E-state index is 5.44. The first-order valence-corrected chi connectivity index (χ1v) is 5.28. The van der Waals surface area contributed by atoms with Gasteiger partial charge in [0.15, 0.2) is 0 Å². The minimum atomic E-state index is 0.664. The van der Waals surface area contributed by atoms with Crippen molar-refractivity contribution in [2.45, 2.75) is 26.2 Å². The van der Waals surface area contributed by atoms with Crippen LogP contribution in [0.3, 0.4) is 0 Å². The highest BCUT2D eigenvalue weighted by atomic mass is 16.5. The summed E-state index contributed by atoms with van der Waals surface area (Å²) >= 11 is 0. The monoisotopic (exact) mass is 183 g/mol. The third kappa shape index (κ3) is 3.92. The van der Waals surface area contributed by atoms with Crippen molar-refractivity contribution < 1.29 is 4.74 Å². The van der Waals surface area contributed by atoms with E-state index in [0.29, 0.717) is 5.92 Å². The molecule has 0 saturated carbocycles. The van der Waals surface area contributed by atoms with E-state index in [-0.39, 0.29) is 0 Å². The lowest BCUT2D eigenvalue weighted by Crippen LogP contribution is -2.17. The minimum absolute atomic E-state index is 0.664. The van der Waals surface area contributed by atoms with Gasteiger partial charge in [0.1, 0.15) is 0 Å². The fourth-order valence-electron chi connectivity index (χ4n) is 1.76. The zero-order chi connectivity index (χ0) is 9.52. The Kier molecular flexibility index (Phi) is 5.09. The van der Waals surface area contributed by atoms with Gasteiger partial charge in [-0.05, 0) is 26.3 Å². The molecule has 0 radical (unpaired) electrons. The quantitative estimate of drug-likeness (QED) is 0.673. The third-order valence-corrected chi connectivity index (χ3v) is 2.52. The first kappa shape index (κ1) is 10.7. The maximum Gasteiger partial charge on any atom is 0.0528 e. The first-order valence-electron chi connectivity index (χ1n) is 5.28. The highest BCUT2D eigenvalue weighted by molar-refractivity contribution is 5.06. The number of nitrogens with one attached hydrogen (secondary N) is 1. The molecule has 1 N–H and O–H groups in total. The van der Waals surface area contributed by atoms with Crippen molar-refractivity contribution >= 4 is 0 Å². The molecule has 1 unspecified atom stereocenters. The fourth-order valence-corrected chi connectivity index (χ4v) is 1.76. The highest BCUT2D eigenvalue weighted by Crippen LogP contribution is 2.17. The molecule has 0 spiro atoms. The molecule has 13 heavy (non-hydrogen) atoms. The molecule has 1 fully saturated rings. The Morgan fingerprint density at radius 2 is 2.46 bits per heavy atom. The van der Waals surface area contributed by atoms with Crippen molar-refractivity contribution in [1.29, 1.82) is 0 Å². The number of hydrogen-bond donors (Lipinski definition) is 1. The van der Waals surface area contributed by atoms with Crippen LogP contribution in [0, 0.1) is 5.92 Å². The largest absolute Gasteiger partial charge is 0.381 e. The van der Waals surface area contributed by atoms with Gasteiger partial charge in [-0.3, -0.25) is 0 Å². The van der Waals surface area contributed by atoms with E-state index < -0.39 is 0 Å². The lowest BCUT2D eigenvalue weighted by molar-refractivity contribution is 0.0707. The van der Waals surface area contributed by atoms with E-state index in [2.05, 4.69) is 18.3 Å². The molecule has 0 amide bonds. The second-order valence-corrected chi connectivity index (χ2v) is 3.69. The number of ether oxygens (including phenoxy) is 1.